The van der Waals surface area contributed by atoms with E-state index in [1.807, 2.05) is 13.0 Å². The Morgan fingerprint density at radius 2 is 2.35 bits per heavy atom. The number of H-pyrrole nitrogens is 1. The van der Waals surface area contributed by atoms with Gasteiger partial charge in [-0.15, -0.1) is 11.8 Å². The molecule has 2 N–H and O–H groups in total. The van der Waals surface area contributed by atoms with Gasteiger partial charge in [0.1, 0.15) is 5.82 Å². The highest BCUT2D eigenvalue weighted by Crippen LogP contribution is 2.14. The SMILES string of the molecule is Cc1cccc(CSCC(=O)NC(C)c2ncc[nH]2)c1. The molecule has 4 nitrogen and oxygen atoms in total. The first kappa shape index (κ1) is 14.7. The second kappa shape index (κ2) is 7.14. The van der Waals surface area contributed by atoms with Crippen LogP contribution >= 0.6 is 11.8 Å². The molecule has 1 aromatic carbocycles. The zero-order chi connectivity index (χ0) is 14.4. The van der Waals surface area contributed by atoms with Crippen molar-refractivity contribution in [3.63, 3.8) is 0 Å². The number of nitrogens with zero attached hydrogens (tertiary/aromatic N) is 1. The molecule has 1 amide bonds. The fourth-order valence-electron chi connectivity index (χ4n) is 1.93. The van der Waals surface area contributed by atoms with E-state index in [4.69, 9.17) is 0 Å². The molecule has 0 aliphatic rings. The van der Waals surface area contributed by atoms with Crippen LogP contribution in [0.1, 0.15) is 29.9 Å². The minimum atomic E-state index is -0.0860. The lowest BCUT2D eigenvalue weighted by Gasteiger charge is -2.11. The van der Waals surface area contributed by atoms with Crippen molar-refractivity contribution < 1.29 is 4.79 Å². The third-order valence-corrected chi connectivity index (χ3v) is 3.90. The summed E-state index contributed by atoms with van der Waals surface area (Å²) in [5, 5.41) is 2.93. The van der Waals surface area contributed by atoms with Crippen LogP contribution in [0, 0.1) is 6.92 Å². The van der Waals surface area contributed by atoms with Crippen molar-refractivity contribution >= 4 is 17.7 Å². The lowest BCUT2D eigenvalue weighted by Crippen LogP contribution is -2.28. The van der Waals surface area contributed by atoms with Gasteiger partial charge < -0.3 is 10.3 Å². The number of aromatic nitrogens is 2. The van der Waals surface area contributed by atoms with Crippen LogP contribution < -0.4 is 5.32 Å². The van der Waals surface area contributed by atoms with Gasteiger partial charge in [-0.25, -0.2) is 4.98 Å². The van der Waals surface area contributed by atoms with E-state index in [2.05, 4.69) is 40.4 Å². The van der Waals surface area contributed by atoms with Crippen LogP contribution in [0.4, 0.5) is 0 Å². The molecule has 0 saturated heterocycles. The van der Waals surface area contributed by atoms with Gasteiger partial charge in [0, 0.05) is 18.1 Å². The molecule has 1 heterocycles. The lowest BCUT2D eigenvalue weighted by atomic mass is 10.2. The minimum Gasteiger partial charge on any atom is -0.347 e. The average Bonchev–Trinajstić information content (AvgIpc) is 2.92. The number of aryl methyl sites for hydroxylation is 1. The van der Waals surface area contributed by atoms with Crippen molar-refractivity contribution in [1.82, 2.24) is 15.3 Å². The number of carbonyl (C=O) groups is 1. The molecule has 0 radical (unpaired) electrons. The van der Waals surface area contributed by atoms with Crippen LogP contribution in [-0.4, -0.2) is 21.6 Å². The van der Waals surface area contributed by atoms with Gasteiger partial charge in [-0.05, 0) is 19.4 Å². The van der Waals surface area contributed by atoms with E-state index >= 15 is 0 Å². The molecule has 0 bridgehead atoms. The smallest absolute Gasteiger partial charge is 0.230 e. The molecule has 2 rings (SSSR count). The maximum atomic E-state index is 11.8. The molecular formula is C15H19N3OS. The number of rotatable bonds is 6. The summed E-state index contributed by atoms with van der Waals surface area (Å²) >= 11 is 1.62. The van der Waals surface area contributed by atoms with Crippen molar-refractivity contribution in [2.75, 3.05) is 5.75 Å². The number of hydrogen-bond acceptors (Lipinski definition) is 3. The Bertz CT molecular complexity index is 554. The molecule has 0 spiro atoms. The van der Waals surface area contributed by atoms with Crippen LogP contribution in [-0.2, 0) is 10.5 Å². The van der Waals surface area contributed by atoms with Gasteiger partial charge >= 0.3 is 0 Å². The number of aromatic amines is 1. The van der Waals surface area contributed by atoms with Crippen LogP contribution in [0.25, 0.3) is 0 Å². The van der Waals surface area contributed by atoms with E-state index in [-0.39, 0.29) is 11.9 Å². The summed E-state index contributed by atoms with van der Waals surface area (Å²) in [7, 11) is 0. The standard InChI is InChI=1S/C15H19N3OS/c1-11-4-3-5-13(8-11)9-20-10-14(19)18-12(2)15-16-6-7-17-15/h3-8,12H,9-10H2,1-2H3,(H,16,17)(H,18,19). The third-order valence-electron chi connectivity index (χ3n) is 2.89. The minimum absolute atomic E-state index is 0.0338. The average molecular weight is 289 g/mol. The van der Waals surface area contributed by atoms with Gasteiger partial charge in [0.05, 0.1) is 11.8 Å². The van der Waals surface area contributed by atoms with E-state index in [1.54, 1.807) is 24.2 Å². The number of carbonyl (C=O) groups excluding carboxylic acids is 1. The third kappa shape index (κ3) is 4.42. The molecule has 1 atom stereocenters. The maximum Gasteiger partial charge on any atom is 0.230 e. The molecule has 0 saturated carbocycles. The van der Waals surface area contributed by atoms with Crippen molar-refractivity contribution in [3.8, 4) is 0 Å². The van der Waals surface area contributed by atoms with Crippen molar-refractivity contribution in [3.05, 3.63) is 53.6 Å². The molecule has 2 aromatic rings. The first-order valence-electron chi connectivity index (χ1n) is 6.57. The van der Waals surface area contributed by atoms with Crippen LogP contribution in [0.3, 0.4) is 0 Å². The van der Waals surface area contributed by atoms with Gasteiger partial charge in [-0.2, -0.15) is 0 Å². The summed E-state index contributed by atoms with van der Waals surface area (Å²) < 4.78 is 0. The Balaban J connectivity index is 1.73. The second-order valence-electron chi connectivity index (χ2n) is 4.75. The summed E-state index contributed by atoms with van der Waals surface area (Å²) in [5.74, 6) is 2.12. The van der Waals surface area contributed by atoms with Crippen LogP contribution in [0.15, 0.2) is 36.7 Å². The second-order valence-corrected chi connectivity index (χ2v) is 5.73. The molecular weight excluding hydrogens is 270 g/mol. The number of nitrogens with one attached hydrogen (secondary N) is 2. The summed E-state index contributed by atoms with van der Waals surface area (Å²) in [6.07, 6.45) is 3.44. The summed E-state index contributed by atoms with van der Waals surface area (Å²) in [4.78, 5) is 19.0. The summed E-state index contributed by atoms with van der Waals surface area (Å²) in [6, 6.07) is 8.27. The van der Waals surface area contributed by atoms with E-state index in [9.17, 15) is 4.79 Å². The Labute approximate surface area is 123 Å². The first-order chi connectivity index (χ1) is 9.65. The lowest BCUT2D eigenvalue weighted by molar-refractivity contribution is -0.119. The Hall–Kier alpha value is -1.75. The van der Waals surface area contributed by atoms with Crippen LogP contribution in [0.5, 0.6) is 0 Å². The predicted octanol–water partition coefficient (Wildman–Crippen LogP) is 2.83. The van der Waals surface area contributed by atoms with Crippen molar-refractivity contribution in [2.45, 2.75) is 25.6 Å². The monoisotopic (exact) mass is 289 g/mol. The van der Waals surface area contributed by atoms with Crippen molar-refractivity contribution in [2.24, 2.45) is 0 Å². The number of imidazole rings is 1. The molecule has 1 unspecified atom stereocenters. The Morgan fingerprint density at radius 3 is 3.05 bits per heavy atom. The highest BCUT2D eigenvalue weighted by Gasteiger charge is 2.11. The van der Waals surface area contributed by atoms with E-state index in [0.717, 1.165) is 11.6 Å². The van der Waals surface area contributed by atoms with Gasteiger partial charge in [0.25, 0.3) is 0 Å². The normalized spacial score (nSPS) is 12.1. The molecule has 0 fully saturated rings. The Kier molecular flexibility index (Phi) is 5.24. The van der Waals surface area contributed by atoms with Crippen molar-refractivity contribution in [1.29, 1.82) is 0 Å². The highest BCUT2D eigenvalue weighted by atomic mass is 32.2. The maximum absolute atomic E-state index is 11.8. The van der Waals surface area contributed by atoms with Gasteiger partial charge in [0.15, 0.2) is 0 Å². The van der Waals surface area contributed by atoms with E-state index in [1.165, 1.54) is 11.1 Å². The predicted molar refractivity (Wildman–Crippen MR) is 82.5 cm³/mol. The largest absolute Gasteiger partial charge is 0.347 e. The molecule has 0 aliphatic carbocycles. The highest BCUT2D eigenvalue weighted by molar-refractivity contribution is 7.99. The molecule has 5 heteroatoms. The van der Waals surface area contributed by atoms with Gasteiger partial charge in [-0.3, -0.25) is 4.79 Å². The molecule has 20 heavy (non-hydrogen) atoms. The Morgan fingerprint density at radius 1 is 1.50 bits per heavy atom. The first-order valence-corrected chi connectivity index (χ1v) is 7.72. The van der Waals surface area contributed by atoms with E-state index < -0.39 is 0 Å². The van der Waals surface area contributed by atoms with Gasteiger partial charge in [0.2, 0.25) is 5.91 Å². The van der Waals surface area contributed by atoms with Crippen LogP contribution in [0.2, 0.25) is 0 Å². The molecule has 106 valence electrons. The molecule has 0 aliphatic heterocycles. The number of benzene rings is 1. The quantitative estimate of drug-likeness (QED) is 0.859. The zero-order valence-corrected chi connectivity index (χ0v) is 12.5. The van der Waals surface area contributed by atoms with E-state index in [0.29, 0.717) is 5.75 Å². The fraction of sp³-hybridized carbons (Fsp3) is 0.333. The fourth-order valence-corrected chi connectivity index (χ4v) is 2.72. The number of amides is 1. The number of hydrogen-bond donors (Lipinski definition) is 2. The summed E-state index contributed by atoms with van der Waals surface area (Å²) in [6.45, 7) is 3.99. The number of thioether (sulfide) groups is 1. The topological polar surface area (TPSA) is 57.8 Å². The van der Waals surface area contributed by atoms with Gasteiger partial charge in [-0.1, -0.05) is 29.8 Å². The molecule has 1 aromatic heterocycles. The zero-order valence-electron chi connectivity index (χ0n) is 11.7. The summed E-state index contributed by atoms with van der Waals surface area (Å²) in [5.41, 5.74) is 2.50.